The molecule has 0 fully saturated rings. The lowest BCUT2D eigenvalue weighted by Crippen LogP contribution is -1.77. The Morgan fingerprint density at radius 3 is 2.43 bits per heavy atom. The number of benzene rings is 2. The van der Waals surface area contributed by atoms with Gasteiger partial charge in [0, 0.05) is 9.86 Å². The van der Waals surface area contributed by atoms with Crippen molar-refractivity contribution < 1.29 is 10.2 Å². The molecule has 0 aromatic heterocycles. The molecule has 0 aliphatic rings. The fraction of sp³-hybridized carbons (Fsp3) is 0. The van der Waals surface area contributed by atoms with Gasteiger partial charge < -0.3 is 10.2 Å². The van der Waals surface area contributed by atoms with Gasteiger partial charge in [0.2, 0.25) is 0 Å². The van der Waals surface area contributed by atoms with Gasteiger partial charge in [0.25, 0.3) is 0 Å². The van der Waals surface area contributed by atoms with E-state index in [2.05, 4.69) is 31.9 Å². The highest BCUT2D eigenvalue weighted by Crippen LogP contribution is 2.40. The maximum Gasteiger partial charge on any atom is 0.141 e. The summed E-state index contributed by atoms with van der Waals surface area (Å²) in [6, 6.07) is 7.07. The number of rotatable bonds is 0. The molecule has 2 rings (SSSR count). The molecular formula is C10H6Br2O2. The first-order valence-corrected chi connectivity index (χ1v) is 5.48. The van der Waals surface area contributed by atoms with E-state index in [9.17, 15) is 10.2 Å². The van der Waals surface area contributed by atoms with Crippen molar-refractivity contribution >= 4 is 42.6 Å². The number of fused-ring (bicyclic) bond motifs is 1. The number of hydrogen-bond acceptors (Lipinski definition) is 2. The molecule has 14 heavy (non-hydrogen) atoms. The van der Waals surface area contributed by atoms with Crippen LogP contribution in [0.3, 0.4) is 0 Å². The first-order valence-electron chi connectivity index (χ1n) is 3.89. The van der Waals surface area contributed by atoms with E-state index in [4.69, 9.17) is 0 Å². The average Bonchev–Trinajstić information content (AvgIpc) is 2.14. The van der Waals surface area contributed by atoms with Crippen LogP contribution < -0.4 is 0 Å². The Morgan fingerprint density at radius 2 is 1.71 bits per heavy atom. The van der Waals surface area contributed by atoms with Crippen LogP contribution in [-0.4, -0.2) is 10.2 Å². The van der Waals surface area contributed by atoms with Crippen molar-refractivity contribution in [2.45, 2.75) is 0 Å². The Hall–Kier alpha value is -0.740. The van der Waals surface area contributed by atoms with Crippen LogP contribution >= 0.6 is 31.9 Å². The van der Waals surface area contributed by atoms with Gasteiger partial charge in [-0.1, -0.05) is 15.9 Å². The van der Waals surface area contributed by atoms with E-state index in [0.29, 0.717) is 9.86 Å². The predicted molar refractivity (Wildman–Crippen MR) is 62.7 cm³/mol. The molecule has 0 spiro atoms. The minimum Gasteiger partial charge on any atom is -0.507 e. The summed E-state index contributed by atoms with van der Waals surface area (Å²) in [5, 5.41) is 20.7. The minimum absolute atomic E-state index is 0.0353. The van der Waals surface area contributed by atoms with Gasteiger partial charge in [-0.2, -0.15) is 0 Å². The maximum atomic E-state index is 9.71. The lowest BCUT2D eigenvalue weighted by Gasteiger charge is -2.05. The van der Waals surface area contributed by atoms with Gasteiger partial charge in [-0.3, -0.25) is 0 Å². The van der Waals surface area contributed by atoms with Gasteiger partial charge in [0.15, 0.2) is 0 Å². The minimum atomic E-state index is 0.0353. The smallest absolute Gasteiger partial charge is 0.141 e. The number of phenolic OH excluding ortho intramolecular Hbond substituents is 2. The van der Waals surface area contributed by atoms with E-state index in [0.717, 1.165) is 9.86 Å². The molecule has 0 amide bonds. The molecule has 0 saturated carbocycles. The third kappa shape index (κ3) is 1.48. The van der Waals surface area contributed by atoms with Gasteiger partial charge in [-0.05, 0) is 45.6 Å². The summed E-state index contributed by atoms with van der Waals surface area (Å²) in [6.45, 7) is 0. The summed E-state index contributed by atoms with van der Waals surface area (Å²) < 4.78 is 1.23. The molecule has 0 saturated heterocycles. The van der Waals surface area contributed by atoms with Gasteiger partial charge in [-0.25, -0.2) is 0 Å². The van der Waals surface area contributed by atoms with Crippen molar-refractivity contribution in [2.24, 2.45) is 0 Å². The third-order valence-electron chi connectivity index (χ3n) is 1.99. The Bertz CT molecular complexity index is 509. The van der Waals surface area contributed by atoms with Crippen molar-refractivity contribution in [3.8, 4) is 11.5 Å². The van der Waals surface area contributed by atoms with Crippen LogP contribution in [-0.2, 0) is 0 Å². The zero-order valence-corrected chi connectivity index (χ0v) is 10.1. The molecule has 0 atom stereocenters. The summed E-state index contributed by atoms with van der Waals surface area (Å²) >= 11 is 6.43. The normalized spacial score (nSPS) is 10.7. The second-order valence-corrected chi connectivity index (χ2v) is 4.63. The van der Waals surface area contributed by atoms with Gasteiger partial charge in [-0.15, -0.1) is 0 Å². The van der Waals surface area contributed by atoms with E-state index in [1.807, 2.05) is 12.1 Å². The highest BCUT2D eigenvalue weighted by atomic mass is 79.9. The maximum absolute atomic E-state index is 9.71. The van der Waals surface area contributed by atoms with Crippen LogP contribution in [0.5, 0.6) is 11.5 Å². The molecule has 0 bridgehead atoms. The second kappa shape index (κ2) is 3.44. The molecule has 2 N–H and O–H groups in total. The number of aromatic hydroxyl groups is 2. The summed E-state index contributed by atoms with van der Waals surface area (Å²) in [7, 11) is 0. The summed E-state index contributed by atoms with van der Waals surface area (Å²) in [5.41, 5.74) is 0. The molecule has 0 radical (unpaired) electrons. The van der Waals surface area contributed by atoms with E-state index in [1.54, 1.807) is 12.1 Å². The molecular weight excluding hydrogens is 312 g/mol. The predicted octanol–water partition coefficient (Wildman–Crippen LogP) is 3.78. The van der Waals surface area contributed by atoms with E-state index in [-0.39, 0.29) is 11.5 Å². The number of phenols is 2. The van der Waals surface area contributed by atoms with Crippen LogP contribution in [0.25, 0.3) is 10.8 Å². The molecule has 0 heterocycles. The van der Waals surface area contributed by atoms with Crippen LogP contribution in [0.2, 0.25) is 0 Å². The van der Waals surface area contributed by atoms with Crippen molar-refractivity contribution in [3.05, 3.63) is 33.2 Å². The Labute approximate surface area is 97.4 Å². The van der Waals surface area contributed by atoms with Crippen molar-refractivity contribution in [1.82, 2.24) is 0 Å². The average molecular weight is 318 g/mol. The zero-order chi connectivity index (χ0) is 10.3. The van der Waals surface area contributed by atoms with Crippen LogP contribution in [0.1, 0.15) is 0 Å². The summed E-state index contributed by atoms with van der Waals surface area (Å²) in [6.07, 6.45) is 0. The van der Waals surface area contributed by atoms with Gasteiger partial charge in [0.1, 0.15) is 16.0 Å². The fourth-order valence-electron chi connectivity index (χ4n) is 1.32. The SMILES string of the molecule is Oc1cc2cc(Br)ccc2c(O)c1Br. The van der Waals surface area contributed by atoms with Gasteiger partial charge in [0.05, 0.1) is 0 Å². The van der Waals surface area contributed by atoms with Crippen molar-refractivity contribution in [3.63, 3.8) is 0 Å². The molecule has 0 unspecified atom stereocenters. The van der Waals surface area contributed by atoms with E-state index < -0.39 is 0 Å². The molecule has 4 heteroatoms. The molecule has 72 valence electrons. The van der Waals surface area contributed by atoms with E-state index in [1.165, 1.54) is 0 Å². The summed E-state index contributed by atoms with van der Waals surface area (Å²) in [5.74, 6) is 0.0978. The number of hydrogen-bond donors (Lipinski definition) is 2. The Kier molecular flexibility index (Phi) is 2.41. The lowest BCUT2D eigenvalue weighted by molar-refractivity contribution is 0.449. The molecule has 2 aromatic carbocycles. The lowest BCUT2D eigenvalue weighted by atomic mass is 10.1. The molecule has 0 aliphatic heterocycles. The first kappa shape index (κ1) is 9.80. The largest absolute Gasteiger partial charge is 0.507 e. The molecule has 2 nitrogen and oxygen atoms in total. The zero-order valence-electron chi connectivity index (χ0n) is 6.96. The van der Waals surface area contributed by atoms with Crippen molar-refractivity contribution in [2.75, 3.05) is 0 Å². The van der Waals surface area contributed by atoms with Crippen molar-refractivity contribution in [1.29, 1.82) is 0 Å². The molecule has 0 aliphatic carbocycles. The van der Waals surface area contributed by atoms with Crippen LogP contribution in [0.4, 0.5) is 0 Å². The summed E-state index contributed by atoms with van der Waals surface area (Å²) in [4.78, 5) is 0. The quantitative estimate of drug-likeness (QED) is 0.776. The molecule has 2 aromatic rings. The van der Waals surface area contributed by atoms with Crippen LogP contribution in [0, 0.1) is 0 Å². The fourth-order valence-corrected chi connectivity index (χ4v) is 2.03. The Morgan fingerprint density at radius 1 is 1.00 bits per heavy atom. The monoisotopic (exact) mass is 316 g/mol. The van der Waals surface area contributed by atoms with Gasteiger partial charge >= 0.3 is 0 Å². The Balaban J connectivity index is 2.91. The highest BCUT2D eigenvalue weighted by molar-refractivity contribution is 9.11. The topological polar surface area (TPSA) is 40.5 Å². The van der Waals surface area contributed by atoms with Crippen LogP contribution in [0.15, 0.2) is 33.2 Å². The van der Waals surface area contributed by atoms with E-state index >= 15 is 0 Å². The first-order chi connectivity index (χ1) is 6.59. The third-order valence-corrected chi connectivity index (χ3v) is 3.27. The number of halogens is 2. The standard InChI is InChI=1S/C10H6Br2O2/c11-6-1-2-7-5(3-6)4-8(13)9(12)10(7)14/h1-4,13-14H. The highest BCUT2D eigenvalue weighted by Gasteiger charge is 2.09. The second-order valence-electron chi connectivity index (χ2n) is 2.92.